The van der Waals surface area contributed by atoms with Gasteiger partial charge >= 0.3 is 5.92 Å². The zero-order valence-corrected chi connectivity index (χ0v) is 19.0. The Kier molecular flexibility index (Phi) is 5.51. The highest BCUT2D eigenvalue weighted by Gasteiger charge is 2.64. The Bertz CT molecular complexity index is 1050. The molecule has 1 fully saturated rings. The second-order valence-corrected chi connectivity index (χ2v) is 9.68. The molecule has 0 aromatic heterocycles. The zero-order valence-electron chi connectivity index (χ0n) is 17.4. The lowest BCUT2D eigenvalue weighted by Crippen LogP contribution is -2.62. The molecule has 0 saturated carbocycles. The first-order valence-corrected chi connectivity index (χ1v) is 10.8. The Morgan fingerprint density at radius 3 is 2.65 bits per heavy atom. The van der Waals surface area contributed by atoms with Crippen molar-refractivity contribution in [1.82, 2.24) is 5.32 Å². The molecule has 4 rings (SSSR count). The van der Waals surface area contributed by atoms with Crippen LogP contribution in [-0.2, 0) is 16.7 Å². The maximum absolute atomic E-state index is 15.7. The van der Waals surface area contributed by atoms with E-state index in [-0.39, 0.29) is 23.1 Å². The van der Waals surface area contributed by atoms with Crippen LogP contribution < -0.4 is 10.1 Å². The smallest absolute Gasteiger partial charge is 0.302 e. The lowest BCUT2D eigenvalue weighted by molar-refractivity contribution is -0.216. The number of hydrogen-bond acceptors (Lipinski definition) is 3. The fourth-order valence-electron chi connectivity index (χ4n) is 4.36. The van der Waals surface area contributed by atoms with Gasteiger partial charge in [0.25, 0.3) is 0 Å². The molecule has 0 bridgehead atoms. The molecule has 2 aromatic carbocycles. The molecule has 2 aliphatic heterocycles. The first-order valence-electron chi connectivity index (χ1n) is 9.98. The predicted molar refractivity (Wildman–Crippen MR) is 118 cm³/mol. The first-order chi connectivity index (χ1) is 14.4. The van der Waals surface area contributed by atoms with Crippen molar-refractivity contribution in [2.45, 2.75) is 50.2 Å². The molecule has 1 saturated heterocycles. The van der Waals surface area contributed by atoms with Gasteiger partial charge in [-0.25, -0.2) is 13.2 Å². The second kappa shape index (κ2) is 7.64. The SMILES string of the molecule is CC1(C)OCC(=S)N[C@](C)(c2cc(CC3COc4cc(Cl)ccc43)ccc2F)C1(F)F. The van der Waals surface area contributed by atoms with E-state index in [9.17, 15) is 4.39 Å². The fraction of sp³-hybridized carbons (Fsp3) is 0.435. The summed E-state index contributed by atoms with van der Waals surface area (Å²) in [5.74, 6) is -3.46. The summed E-state index contributed by atoms with van der Waals surface area (Å²) in [6.45, 7) is 4.14. The third-order valence-corrected chi connectivity index (χ3v) is 6.70. The van der Waals surface area contributed by atoms with Crippen LogP contribution in [0.25, 0.3) is 0 Å². The van der Waals surface area contributed by atoms with E-state index < -0.39 is 22.9 Å². The standard InChI is InChI=1S/C23H23ClF3NO2S/c1-21(2)23(26,27)22(3,28-20(31)12-30-21)17-9-13(4-7-18(17)25)8-14-11-29-19-10-15(24)5-6-16(14)19/h4-7,9-10,14H,8,11-12H2,1-3H3,(H,28,31)/t14?,22-/m1/s1. The van der Waals surface area contributed by atoms with Gasteiger partial charge in [-0.1, -0.05) is 42.0 Å². The molecule has 2 heterocycles. The Morgan fingerprint density at radius 1 is 1.16 bits per heavy atom. The van der Waals surface area contributed by atoms with Gasteiger partial charge in [0.2, 0.25) is 0 Å². The van der Waals surface area contributed by atoms with E-state index in [2.05, 4.69) is 5.32 Å². The number of rotatable bonds is 3. The van der Waals surface area contributed by atoms with Gasteiger partial charge in [-0.3, -0.25) is 0 Å². The van der Waals surface area contributed by atoms with Crippen molar-refractivity contribution >= 4 is 28.8 Å². The van der Waals surface area contributed by atoms with Crippen molar-refractivity contribution < 1.29 is 22.6 Å². The summed E-state index contributed by atoms with van der Waals surface area (Å²) < 4.78 is 57.3. The van der Waals surface area contributed by atoms with E-state index in [4.69, 9.17) is 33.3 Å². The maximum atomic E-state index is 15.7. The van der Waals surface area contributed by atoms with Gasteiger partial charge in [0.15, 0.2) is 0 Å². The van der Waals surface area contributed by atoms with Crippen LogP contribution >= 0.6 is 23.8 Å². The van der Waals surface area contributed by atoms with Crippen LogP contribution in [0.1, 0.15) is 43.4 Å². The summed E-state index contributed by atoms with van der Waals surface area (Å²) in [6, 6.07) is 9.79. The minimum atomic E-state index is -3.46. The molecule has 166 valence electrons. The Balaban J connectivity index is 1.72. The molecule has 2 aromatic rings. The number of nitrogens with one attached hydrogen (secondary N) is 1. The first kappa shape index (κ1) is 22.4. The van der Waals surface area contributed by atoms with Crippen molar-refractivity contribution in [2.75, 3.05) is 13.2 Å². The van der Waals surface area contributed by atoms with Crippen molar-refractivity contribution in [3.05, 3.63) is 63.9 Å². The zero-order chi connectivity index (χ0) is 22.6. The molecule has 0 amide bonds. The second-order valence-electron chi connectivity index (χ2n) is 8.75. The van der Waals surface area contributed by atoms with Gasteiger partial charge in [-0.15, -0.1) is 0 Å². The van der Waals surface area contributed by atoms with Gasteiger partial charge in [0, 0.05) is 22.1 Å². The van der Waals surface area contributed by atoms with Crippen LogP contribution in [-0.4, -0.2) is 29.7 Å². The molecule has 1 N–H and O–H groups in total. The lowest BCUT2D eigenvalue weighted by Gasteiger charge is -2.44. The third kappa shape index (κ3) is 3.70. The largest absolute Gasteiger partial charge is 0.493 e. The monoisotopic (exact) mass is 469 g/mol. The Labute approximate surface area is 189 Å². The molecule has 0 aliphatic carbocycles. The van der Waals surface area contributed by atoms with Gasteiger partial charge in [-0.05, 0) is 51.0 Å². The van der Waals surface area contributed by atoms with Crippen molar-refractivity contribution in [3.8, 4) is 5.75 Å². The number of thiocarbonyl (C=S) groups is 1. The van der Waals surface area contributed by atoms with Gasteiger partial charge in [-0.2, -0.15) is 0 Å². The van der Waals surface area contributed by atoms with Crippen LogP contribution in [0.5, 0.6) is 5.75 Å². The van der Waals surface area contributed by atoms with Crippen LogP contribution in [0.3, 0.4) is 0 Å². The van der Waals surface area contributed by atoms with Crippen molar-refractivity contribution in [2.24, 2.45) is 0 Å². The summed E-state index contributed by atoms with van der Waals surface area (Å²) in [5, 5.41) is 3.26. The van der Waals surface area contributed by atoms with Crippen LogP contribution in [0.2, 0.25) is 5.02 Å². The maximum Gasteiger partial charge on any atom is 0.302 e. The molecular formula is C23H23ClF3NO2S. The Morgan fingerprint density at radius 2 is 1.90 bits per heavy atom. The van der Waals surface area contributed by atoms with E-state index in [0.717, 1.165) is 11.1 Å². The molecule has 2 aliphatic rings. The quantitative estimate of drug-likeness (QED) is 0.578. The molecule has 8 heteroatoms. The van der Waals surface area contributed by atoms with Gasteiger partial charge in [0.05, 0.1) is 13.2 Å². The topological polar surface area (TPSA) is 30.5 Å². The third-order valence-electron chi connectivity index (χ3n) is 6.24. The molecule has 0 radical (unpaired) electrons. The van der Waals surface area contributed by atoms with Crippen molar-refractivity contribution in [3.63, 3.8) is 0 Å². The predicted octanol–water partition coefficient (Wildman–Crippen LogP) is 5.77. The summed E-state index contributed by atoms with van der Waals surface area (Å²) in [5.41, 5.74) is -2.36. The summed E-state index contributed by atoms with van der Waals surface area (Å²) in [7, 11) is 0. The highest BCUT2D eigenvalue weighted by Crippen LogP contribution is 2.48. The highest BCUT2D eigenvalue weighted by atomic mass is 35.5. The molecule has 0 spiro atoms. The molecule has 1 unspecified atom stereocenters. The van der Waals surface area contributed by atoms with E-state index in [1.54, 1.807) is 18.2 Å². The van der Waals surface area contributed by atoms with E-state index in [1.165, 1.54) is 32.9 Å². The van der Waals surface area contributed by atoms with Crippen LogP contribution in [0.4, 0.5) is 13.2 Å². The van der Waals surface area contributed by atoms with Crippen molar-refractivity contribution in [1.29, 1.82) is 0 Å². The summed E-state index contributed by atoms with van der Waals surface area (Å²) >= 11 is 11.2. The number of fused-ring (bicyclic) bond motifs is 1. The van der Waals surface area contributed by atoms with Crippen LogP contribution in [0, 0.1) is 5.82 Å². The molecule has 31 heavy (non-hydrogen) atoms. The number of ether oxygens (including phenoxy) is 2. The number of benzene rings is 2. The number of hydrogen-bond donors (Lipinski definition) is 1. The van der Waals surface area contributed by atoms with Crippen LogP contribution in [0.15, 0.2) is 36.4 Å². The Hall–Kier alpha value is -1.83. The molecule has 3 nitrogen and oxygen atoms in total. The molecule has 2 atom stereocenters. The minimum Gasteiger partial charge on any atom is -0.493 e. The van der Waals surface area contributed by atoms with Gasteiger partial charge in [0.1, 0.15) is 27.7 Å². The minimum absolute atomic E-state index is 0.0156. The summed E-state index contributed by atoms with van der Waals surface area (Å²) in [4.78, 5) is 0.104. The average Bonchev–Trinajstić information content (AvgIpc) is 3.06. The van der Waals surface area contributed by atoms with E-state index in [1.807, 2.05) is 6.07 Å². The number of alkyl halides is 2. The average molecular weight is 470 g/mol. The van der Waals surface area contributed by atoms with Gasteiger partial charge < -0.3 is 14.8 Å². The normalized spacial score (nSPS) is 26.5. The summed E-state index contributed by atoms with van der Waals surface area (Å²) in [6.07, 6.45) is 0.508. The lowest BCUT2D eigenvalue weighted by atomic mass is 9.77. The number of halogens is 4. The van der Waals surface area contributed by atoms with E-state index in [0.29, 0.717) is 23.8 Å². The highest BCUT2D eigenvalue weighted by molar-refractivity contribution is 7.80. The molecular weight excluding hydrogens is 447 g/mol. The fourth-order valence-corrected chi connectivity index (χ4v) is 4.78. The van der Waals surface area contributed by atoms with E-state index >= 15 is 8.78 Å².